The van der Waals surface area contributed by atoms with Gasteiger partial charge in [-0.3, -0.25) is 0 Å². The molecule has 0 aromatic heterocycles. The van der Waals surface area contributed by atoms with Crippen LogP contribution in [0.1, 0.15) is 5.56 Å². The standard InChI is InChI=1S/C31H26OP2.BrH/c32-34(29-20-9-3-10-21-29,30-22-11-4-12-23-30)31-24-14-13-15-26(31)25-33(27-16-5-1-6-17-27)28-18-7-2-8-19-28;/h1-24H,25H2;1H. The predicted octanol–water partition coefficient (Wildman–Crippen LogP) is 2.70. The molecule has 0 unspecified atom stereocenters. The van der Waals surface area contributed by atoms with Gasteiger partial charge in [-0.2, -0.15) is 0 Å². The lowest BCUT2D eigenvalue weighted by atomic mass is 10.2. The van der Waals surface area contributed by atoms with Gasteiger partial charge in [-0.05, 0) is 24.3 Å². The Bertz CT molecular complexity index is 1310. The Morgan fingerprint density at radius 3 is 1.31 bits per heavy atom. The number of benzene rings is 5. The van der Waals surface area contributed by atoms with Crippen LogP contribution in [0.15, 0.2) is 146 Å². The third-order valence-corrected chi connectivity index (χ3v) is 12.1. The van der Waals surface area contributed by atoms with E-state index in [0.717, 1.165) is 22.1 Å². The van der Waals surface area contributed by atoms with Crippen molar-refractivity contribution in [1.82, 2.24) is 0 Å². The van der Waals surface area contributed by atoms with E-state index in [1.165, 1.54) is 16.2 Å². The Hall–Kier alpha value is -2.76. The lowest BCUT2D eigenvalue weighted by Gasteiger charge is -2.23. The maximum Gasteiger partial charge on any atom is 0.171 e. The summed E-state index contributed by atoms with van der Waals surface area (Å²) in [6.45, 7) is 0. The van der Waals surface area contributed by atoms with Gasteiger partial charge in [-0.15, -0.1) is 0 Å². The van der Waals surface area contributed by atoms with Crippen LogP contribution in [0, 0.1) is 0 Å². The van der Waals surface area contributed by atoms with Crippen LogP contribution in [0.4, 0.5) is 0 Å². The van der Waals surface area contributed by atoms with Crippen LogP contribution < -0.4 is 43.5 Å². The minimum atomic E-state index is -3.04. The fraction of sp³-hybridized carbons (Fsp3) is 0.0323. The van der Waals surface area contributed by atoms with Crippen molar-refractivity contribution in [3.63, 3.8) is 0 Å². The lowest BCUT2D eigenvalue weighted by Crippen LogP contribution is -3.00. The van der Waals surface area contributed by atoms with Crippen LogP contribution in [0.2, 0.25) is 0 Å². The minimum absolute atomic E-state index is 0. The highest BCUT2D eigenvalue weighted by Crippen LogP contribution is 2.46. The monoisotopic (exact) mass is 556 g/mol. The lowest BCUT2D eigenvalue weighted by molar-refractivity contribution is -0.00000767. The van der Waals surface area contributed by atoms with Crippen LogP contribution in [0.25, 0.3) is 0 Å². The van der Waals surface area contributed by atoms with Gasteiger partial charge in [0.25, 0.3) is 0 Å². The number of hydrogen-bond acceptors (Lipinski definition) is 1. The van der Waals surface area contributed by atoms with Gasteiger partial charge in [0.05, 0.1) is 24.7 Å². The molecule has 174 valence electrons. The average Bonchev–Trinajstić information content (AvgIpc) is 2.93. The summed E-state index contributed by atoms with van der Waals surface area (Å²) < 4.78 is 15.1. The van der Waals surface area contributed by atoms with Crippen molar-refractivity contribution in [2.75, 3.05) is 0 Å². The van der Waals surface area contributed by atoms with Gasteiger partial charge < -0.3 is 21.5 Å². The fourth-order valence-corrected chi connectivity index (χ4v) is 10.2. The van der Waals surface area contributed by atoms with Crippen LogP contribution in [-0.4, -0.2) is 0 Å². The highest BCUT2D eigenvalue weighted by Gasteiger charge is 2.34. The molecule has 0 fully saturated rings. The normalized spacial score (nSPS) is 11.1. The zero-order chi connectivity index (χ0) is 23.2. The van der Waals surface area contributed by atoms with Gasteiger partial charge in [-0.1, -0.05) is 121 Å². The van der Waals surface area contributed by atoms with Gasteiger partial charge in [-0.25, -0.2) is 0 Å². The highest BCUT2D eigenvalue weighted by atomic mass is 79.9. The molecule has 0 saturated heterocycles. The van der Waals surface area contributed by atoms with Gasteiger partial charge in [0.1, 0.15) is 0 Å². The van der Waals surface area contributed by atoms with E-state index < -0.39 is 15.1 Å². The molecule has 0 spiro atoms. The van der Waals surface area contributed by atoms with Gasteiger partial charge >= 0.3 is 0 Å². The summed E-state index contributed by atoms with van der Waals surface area (Å²) in [6, 6.07) is 49.8. The smallest absolute Gasteiger partial charge is 0.171 e. The summed E-state index contributed by atoms with van der Waals surface area (Å²) in [5.41, 5.74) is 1.17. The Balaban J connectivity index is 0.00000289. The van der Waals surface area contributed by atoms with Crippen molar-refractivity contribution >= 4 is 41.6 Å². The minimum Gasteiger partial charge on any atom is -1.00 e. The molecular formula is C31H27BrOP2. The molecule has 5 aromatic rings. The van der Waals surface area contributed by atoms with Crippen molar-refractivity contribution in [2.45, 2.75) is 6.16 Å². The second-order valence-electron chi connectivity index (χ2n) is 8.30. The second-order valence-corrected chi connectivity index (χ2v) is 13.5. The number of rotatable bonds is 7. The van der Waals surface area contributed by atoms with E-state index in [4.69, 9.17) is 0 Å². The van der Waals surface area contributed by atoms with E-state index in [2.05, 4.69) is 78.9 Å². The summed E-state index contributed by atoms with van der Waals surface area (Å²) in [5.74, 6) is 0. The molecule has 0 amide bonds. The summed E-state index contributed by atoms with van der Waals surface area (Å²) >= 11 is 0. The van der Waals surface area contributed by atoms with E-state index in [9.17, 15) is 0 Å². The first-order chi connectivity index (χ1) is 16.8. The molecule has 5 rings (SSSR count). The number of hydrogen-bond donors (Lipinski definition) is 0. The first-order valence-corrected chi connectivity index (χ1v) is 14.9. The van der Waals surface area contributed by atoms with Crippen LogP contribution in [-0.2, 0) is 10.7 Å². The maximum absolute atomic E-state index is 15.1. The van der Waals surface area contributed by atoms with Crippen LogP contribution in [0.3, 0.4) is 0 Å². The quantitative estimate of drug-likeness (QED) is 0.282. The summed E-state index contributed by atoms with van der Waals surface area (Å²) in [5, 5.41) is 5.43. The third-order valence-electron chi connectivity index (χ3n) is 6.18. The van der Waals surface area contributed by atoms with E-state index >= 15 is 4.57 Å². The predicted molar refractivity (Wildman–Crippen MR) is 150 cm³/mol. The SMILES string of the molecule is O=P(c1ccccc1)(c1ccccc1)c1ccccc1C[PH+](c1ccccc1)c1ccccc1.[Br-]. The molecular weight excluding hydrogens is 530 g/mol. The van der Waals surface area contributed by atoms with Crippen molar-refractivity contribution < 1.29 is 21.5 Å². The molecule has 35 heavy (non-hydrogen) atoms. The van der Waals surface area contributed by atoms with Crippen molar-refractivity contribution in [3.8, 4) is 0 Å². The average molecular weight is 557 g/mol. The van der Waals surface area contributed by atoms with Gasteiger partial charge in [0.15, 0.2) is 7.14 Å². The molecule has 0 radical (unpaired) electrons. The Morgan fingerprint density at radius 1 is 0.486 bits per heavy atom. The molecule has 0 N–H and O–H groups in total. The Morgan fingerprint density at radius 2 is 0.857 bits per heavy atom. The summed E-state index contributed by atoms with van der Waals surface area (Å²) in [6.07, 6.45) is 0.874. The molecule has 0 aliphatic carbocycles. The van der Waals surface area contributed by atoms with Crippen molar-refractivity contribution in [2.24, 2.45) is 0 Å². The topological polar surface area (TPSA) is 17.1 Å². The zero-order valence-electron chi connectivity index (χ0n) is 19.3. The second kappa shape index (κ2) is 11.8. The van der Waals surface area contributed by atoms with Crippen LogP contribution in [0.5, 0.6) is 0 Å². The largest absolute Gasteiger partial charge is 1.00 e. The summed E-state index contributed by atoms with van der Waals surface area (Å²) in [4.78, 5) is 0. The van der Waals surface area contributed by atoms with E-state index in [1.807, 2.05) is 66.7 Å². The molecule has 0 heterocycles. The molecule has 0 saturated carbocycles. The van der Waals surface area contributed by atoms with E-state index in [0.29, 0.717) is 0 Å². The molecule has 0 aliphatic rings. The highest BCUT2D eigenvalue weighted by molar-refractivity contribution is 7.85. The van der Waals surface area contributed by atoms with E-state index in [1.54, 1.807) is 0 Å². The van der Waals surface area contributed by atoms with Crippen molar-refractivity contribution in [3.05, 3.63) is 151 Å². The first kappa shape index (κ1) is 25.3. The summed E-state index contributed by atoms with van der Waals surface area (Å²) in [7, 11) is -4.15. The molecule has 0 atom stereocenters. The molecule has 0 bridgehead atoms. The number of halogens is 1. The molecule has 4 heteroatoms. The van der Waals surface area contributed by atoms with Gasteiger partial charge in [0.2, 0.25) is 0 Å². The zero-order valence-corrected chi connectivity index (χ0v) is 22.8. The fourth-order valence-electron chi connectivity index (χ4n) is 4.51. The third kappa shape index (κ3) is 5.41. The van der Waals surface area contributed by atoms with Crippen LogP contribution >= 0.6 is 15.1 Å². The van der Waals surface area contributed by atoms with Crippen molar-refractivity contribution in [1.29, 1.82) is 0 Å². The Labute approximate surface area is 219 Å². The molecule has 1 nitrogen and oxygen atoms in total. The Kier molecular flexibility index (Phi) is 8.53. The molecule has 0 aliphatic heterocycles. The first-order valence-electron chi connectivity index (χ1n) is 11.5. The maximum atomic E-state index is 15.1. The molecule has 5 aromatic carbocycles. The van der Waals surface area contributed by atoms with Gasteiger partial charge in [0, 0.05) is 21.5 Å². The van der Waals surface area contributed by atoms with E-state index in [-0.39, 0.29) is 17.0 Å².